The number of hydrogen-bond acceptors (Lipinski definition) is 7. The highest BCUT2D eigenvalue weighted by Gasteiger charge is 2.16. The maximum Gasteiger partial charge on any atom is 0.307 e. The van der Waals surface area contributed by atoms with Crippen molar-refractivity contribution in [2.75, 3.05) is 14.2 Å². The Labute approximate surface area is 280 Å². The van der Waals surface area contributed by atoms with Gasteiger partial charge < -0.3 is 15.2 Å². The van der Waals surface area contributed by atoms with Gasteiger partial charge in [-0.25, -0.2) is 8.78 Å². The van der Waals surface area contributed by atoms with E-state index in [0.717, 1.165) is 50.2 Å². The monoisotopic (exact) mass is 650 g/mol. The molecule has 0 unspecified atom stereocenters. The number of esters is 2. The first-order valence-electron chi connectivity index (χ1n) is 15.6. The van der Waals surface area contributed by atoms with Crippen LogP contribution in [0, 0.1) is 39.3 Å². The summed E-state index contributed by atoms with van der Waals surface area (Å²) in [7, 11) is 2.72. The maximum absolute atomic E-state index is 13.4. The summed E-state index contributed by atoms with van der Waals surface area (Å²) in [6, 6.07) is 13.0. The fourth-order valence-corrected chi connectivity index (χ4v) is 5.17. The van der Waals surface area contributed by atoms with Gasteiger partial charge in [0.2, 0.25) is 0 Å². The second-order valence-corrected chi connectivity index (χ2v) is 10.8. The fraction of sp³-hybridized carbons (Fsp3) is 0.368. The van der Waals surface area contributed by atoms with Crippen molar-refractivity contribution < 1.29 is 29.2 Å². The number of carbonyl (C=O) groups is 2. The lowest BCUT2D eigenvalue weighted by atomic mass is 9.94. The molecular formula is C38H49F2N3O4. The molecule has 0 aliphatic heterocycles. The van der Waals surface area contributed by atoms with E-state index in [4.69, 9.17) is 11.8 Å². The summed E-state index contributed by atoms with van der Waals surface area (Å²) in [4.78, 5) is 31.5. The number of halogens is 2. The normalized spacial score (nSPS) is 11.7. The number of pyridine rings is 2. The Kier molecular flexibility index (Phi) is 15.8. The zero-order chi connectivity index (χ0) is 35.3. The lowest BCUT2D eigenvalue weighted by molar-refractivity contribution is -0.141. The molecule has 47 heavy (non-hydrogen) atoms. The Morgan fingerprint density at radius 1 is 0.766 bits per heavy atom. The number of benzene rings is 2. The van der Waals surface area contributed by atoms with Crippen LogP contribution in [0.1, 0.15) is 87.7 Å². The first kappa shape index (κ1) is 38.7. The summed E-state index contributed by atoms with van der Waals surface area (Å²) >= 11 is 0. The van der Waals surface area contributed by atoms with Gasteiger partial charge in [0, 0.05) is 30.9 Å². The van der Waals surface area contributed by atoms with Gasteiger partial charge in [-0.1, -0.05) is 28.2 Å². The number of hydrogen-bond donors (Lipinski definition) is 1. The summed E-state index contributed by atoms with van der Waals surface area (Å²) in [6.45, 7) is 11.7. The van der Waals surface area contributed by atoms with Crippen LogP contribution in [0.15, 0.2) is 60.9 Å². The molecule has 4 rings (SSSR count). The molecule has 2 aromatic heterocycles. The van der Waals surface area contributed by atoms with E-state index in [2.05, 4.69) is 14.7 Å². The van der Waals surface area contributed by atoms with Crippen molar-refractivity contribution >= 4 is 11.9 Å². The smallest absolute Gasteiger partial charge is 0.307 e. The molecule has 4 aromatic rings. The van der Waals surface area contributed by atoms with E-state index in [1.165, 1.54) is 38.5 Å². The minimum Gasteiger partial charge on any atom is -0.469 e. The third-order valence-corrected chi connectivity index (χ3v) is 7.39. The first-order valence-corrected chi connectivity index (χ1v) is 14.9. The van der Waals surface area contributed by atoms with Gasteiger partial charge in [0.1, 0.15) is 11.6 Å². The van der Waals surface area contributed by atoms with Crippen molar-refractivity contribution in [2.24, 2.45) is 5.73 Å². The lowest BCUT2D eigenvalue weighted by Crippen LogP contribution is -2.16. The van der Waals surface area contributed by atoms with Gasteiger partial charge in [-0.2, -0.15) is 0 Å². The summed E-state index contributed by atoms with van der Waals surface area (Å²) in [5, 5.41) is 0. The molecule has 254 valence electrons. The molecule has 7 nitrogen and oxygen atoms in total. The Morgan fingerprint density at radius 3 is 1.53 bits per heavy atom. The third kappa shape index (κ3) is 11.4. The van der Waals surface area contributed by atoms with E-state index >= 15 is 0 Å². The second-order valence-electron chi connectivity index (χ2n) is 10.8. The van der Waals surface area contributed by atoms with Crippen LogP contribution in [-0.4, -0.2) is 36.1 Å². The second kappa shape index (κ2) is 19.2. The number of nitrogens with zero attached hydrogens (tertiary/aromatic N) is 2. The minimum absolute atomic E-state index is 0. The maximum atomic E-state index is 13.4. The molecule has 0 fully saturated rings. The van der Waals surface area contributed by atoms with Crippen molar-refractivity contribution in [1.29, 1.82) is 0 Å². The first-order chi connectivity index (χ1) is 22.3. The Morgan fingerprint density at radius 2 is 1.13 bits per heavy atom. The number of aryl methyl sites for hydroxylation is 4. The molecule has 0 radical (unpaired) electrons. The van der Waals surface area contributed by atoms with Crippen LogP contribution in [0.4, 0.5) is 8.78 Å². The van der Waals surface area contributed by atoms with Crippen LogP contribution in [-0.2, 0) is 19.1 Å². The topological polar surface area (TPSA) is 104 Å². The van der Waals surface area contributed by atoms with Gasteiger partial charge in [-0.15, -0.1) is 0 Å². The SMILES string of the molecule is C.COC(=O)C[C@H](C)c1ccnc(-c2c(C)cc(F)cc2C)c1.COC(=O)C[C@H](N)c1ccnc(-c2c(C)cc(F)cc2C)c1.[2H]CC. The van der Waals surface area contributed by atoms with Crippen LogP contribution in [0.5, 0.6) is 0 Å². The molecule has 2 heterocycles. The highest BCUT2D eigenvalue weighted by Crippen LogP contribution is 2.30. The zero-order valence-electron chi connectivity index (χ0n) is 28.9. The fourth-order valence-electron chi connectivity index (χ4n) is 5.17. The molecule has 0 bridgehead atoms. The minimum atomic E-state index is -0.463. The molecule has 9 heteroatoms. The van der Waals surface area contributed by atoms with Gasteiger partial charge in [0.15, 0.2) is 0 Å². The van der Waals surface area contributed by atoms with Crippen LogP contribution in [0.3, 0.4) is 0 Å². The van der Waals surface area contributed by atoms with Gasteiger partial charge in [-0.3, -0.25) is 19.6 Å². The molecule has 2 atom stereocenters. The number of rotatable bonds is 8. The molecule has 2 N–H and O–H groups in total. The molecule has 0 saturated heterocycles. The average molecular weight is 651 g/mol. The van der Waals surface area contributed by atoms with Gasteiger partial charge in [0.05, 0.1) is 38.4 Å². The van der Waals surface area contributed by atoms with Gasteiger partial charge >= 0.3 is 11.9 Å². The predicted octanol–water partition coefficient (Wildman–Crippen LogP) is 8.90. The van der Waals surface area contributed by atoms with Crippen LogP contribution < -0.4 is 5.73 Å². The molecule has 0 saturated carbocycles. The Balaban J connectivity index is 0.000000435. The quantitative estimate of drug-likeness (QED) is 0.190. The van der Waals surface area contributed by atoms with Crippen LogP contribution >= 0.6 is 0 Å². The summed E-state index contributed by atoms with van der Waals surface area (Å²) < 4.78 is 42.4. The highest BCUT2D eigenvalue weighted by molar-refractivity contribution is 5.72. The molecule has 0 aliphatic rings. The average Bonchev–Trinajstić information content (AvgIpc) is 3.01. The molecule has 0 spiro atoms. The summed E-state index contributed by atoms with van der Waals surface area (Å²) in [6.07, 6.45) is 3.79. The number of nitrogens with two attached hydrogens (primary N) is 1. The van der Waals surface area contributed by atoms with Crippen molar-refractivity contribution in [1.82, 2.24) is 9.97 Å². The molecular weight excluding hydrogens is 600 g/mol. The van der Waals surface area contributed by atoms with E-state index in [1.54, 1.807) is 25.4 Å². The number of methoxy groups -OCH3 is 2. The van der Waals surface area contributed by atoms with Crippen molar-refractivity contribution in [2.45, 2.75) is 80.7 Å². The Hall–Kier alpha value is -4.50. The van der Waals surface area contributed by atoms with E-state index in [9.17, 15) is 18.4 Å². The van der Waals surface area contributed by atoms with E-state index in [1.807, 2.05) is 52.8 Å². The van der Waals surface area contributed by atoms with E-state index in [-0.39, 0.29) is 43.3 Å². The number of aromatic nitrogens is 2. The van der Waals surface area contributed by atoms with Gasteiger partial charge in [-0.05, 0) is 116 Å². The van der Waals surface area contributed by atoms with Crippen molar-refractivity contribution in [3.05, 3.63) is 106 Å². The Bertz CT molecular complexity index is 1500. The van der Waals surface area contributed by atoms with Crippen molar-refractivity contribution in [3.8, 4) is 22.5 Å². The summed E-state index contributed by atoms with van der Waals surface area (Å²) in [5.41, 5.74) is 14.5. The van der Waals surface area contributed by atoms with Crippen molar-refractivity contribution in [3.63, 3.8) is 0 Å². The number of carbonyl (C=O) groups excluding carboxylic acids is 2. The molecule has 0 amide bonds. The zero-order valence-corrected chi connectivity index (χ0v) is 27.9. The lowest BCUT2D eigenvalue weighted by Gasteiger charge is -2.14. The molecule has 0 aliphatic carbocycles. The van der Waals surface area contributed by atoms with E-state index in [0.29, 0.717) is 19.0 Å². The summed E-state index contributed by atoms with van der Waals surface area (Å²) in [5.74, 6) is -1.07. The van der Waals surface area contributed by atoms with Crippen LogP contribution in [0.2, 0.25) is 0 Å². The molecule has 2 aromatic carbocycles. The van der Waals surface area contributed by atoms with E-state index < -0.39 is 6.04 Å². The third-order valence-electron chi connectivity index (χ3n) is 7.39. The number of ether oxygens (including phenoxy) is 2. The predicted molar refractivity (Wildman–Crippen MR) is 185 cm³/mol. The van der Waals surface area contributed by atoms with Crippen LogP contribution in [0.25, 0.3) is 22.5 Å². The highest BCUT2D eigenvalue weighted by atomic mass is 19.1. The standard InChI is InChI=1S/C18H20FNO2.C17H19FN2O2.C2H6.CH4/c1-11(9-17(21)22-4)14-5-6-20-16(10-14)18-12(2)7-15(19)8-13(18)3;1-10-6-13(18)7-11(2)17(10)15-8-12(4-5-20-15)14(19)9-16(21)22-3;1-2;/h5-8,10-11H,9H2,1-4H3;4-8,14H,9,19H2,1-3H3;1-2H3;1H4/t11-;14-;;/m00../s1/i;;1D;. The van der Waals surface area contributed by atoms with Gasteiger partial charge in [0.25, 0.3) is 0 Å². The largest absolute Gasteiger partial charge is 0.469 e.